The van der Waals surface area contributed by atoms with Gasteiger partial charge >= 0.3 is 0 Å². The van der Waals surface area contributed by atoms with Gasteiger partial charge in [0.05, 0.1) is 12.6 Å². The van der Waals surface area contributed by atoms with Crippen molar-refractivity contribution in [2.75, 3.05) is 13.2 Å². The monoisotopic (exact) mass is 198 g/mol. The molecular formula is C10H18N2O2. The van der Waals surface area contributed by atoms with E-state index in [4.69, 9.17) is 4.74 Å². The Kier molecular flexibility index (Phi) is 3.03. The normalized spacial score (nSPS) is 28.8. The van der Waals surface area contributed by atoms with Crippen molar-refractivity contribution in [3.05, 3.63) is 0 Å². The molecule has 1 aliphatic heterocycles. The van der Waals surface area contributed by atoms with Crippen molar-refractivity contribution in [1.29, 1.82) is 0 Å². The zero-order valence-corrected chi connectivity index (χ0v) is 8.58. The molecule has 0 spiro atoms. The van der Waals surface area contributed by atoms with Crippen LogP contribution < -0.4 is 10.6 Å². The number of hydrogen-bond donors (Lipinski definition) is 2. The Balaban J connectivity index is 1.69. The Morgan fingerprint density at radius 2 is 2.14 bits per heavy atom. The number of ether oxygens (including phenoxy) is 1. The number of carbonyl (C=O) groups is 1. The third kappa shape index (κ3) is 2.69. The van der Waals surface area contributed by atoms with Crippen LogP contribution in [0.4, 0.5) is 0 Å². The van der Waals surface area contributed by atoms with Crippen LogP contribution in [0.5, 0.6) is 0 Å². The second-order valence-electron chi connectivity index (χ2n) is 4.23. The molecule has 0 radical (unpaired) electrons. The number of amides is 1. The fourth-order valence-corrected chi connectivity index (χ4v) is 1.65. The lowest BCUT2D eigenvalue weighted by Gasteiger charge is -2.17. The molecule has 4 nitrogen and oxygen atoms in total. The van der Waals surface area contributed by atoms with Crippen LogP contribution >= 0.6 is 0 Å². The Morgan fingerprint density at radius 3 is 2.71 bits per heavy atom. The number of hydrogen-bond acceptors (Lipinski definition) is 3. The van der Waals surface area contributed by atoms with Gasteiger partial charge in [0.15, 0.2) is 0 Å². The van der Waals surface area contributed by atoms with Crippen molar-refractivity contribution in [2.24, 2.45) is 0 Å². The van der Waals surface area contributed by atoms with Crippen molar-refractivity contribution in [3.63, 3.8) is 0 Å². The van der Waals surface area contributed by atoms with Gasteiger partial charge in [-0.25, -0.2) is 0 Å². The SMILES string of the molecule is CC(NC1CCOC1)C(=O)NC1CC1. The molecule has 1 amide bonds. The summed E-state index contributed by atoms with van der Waals surface area (Å²) in [6.45, 7) is 3.46. The molecule has 2 fully saturated rings. The molecular weight excluding hydrogens is 180 g/mol. The lowest BCUT2D eigenvalue weighted by atomic mass is 10.2. The first-order chi connectivity index (χ1) is 6.75. The molecule has 80 valence electrons. The van der Waals surface area contributed by atoms with E-state index in [1.165, 1.54) is 0 Å². The van der Waals surface area contributed by atoms with E-state index in [1.807, 2.05) is 6.92 Å². The van der Waals surface area contributed by atoms with Gasteiger partial charge in [-0.15, -0.1) is 0 Å². The van der Waals surface area contributed by atoms with E-state index in [-0.39, 0.29) is 11.9 Å². The summed E-state index contributed by atoms with van der Waals surface area (Å²) in [5.74, 6) is 0.124. The molecule has 0 aromatic rings. The maximum Gasteiger partial charge on any atom is 0.237 e. The zero-order chi connectivity index (χ0) is 9.97. The van der Waals surface area contributed by atoms with Crippen LogP contribution in [0.15, 0.2) is 0 Å². The van der Waals surface area contributed by atoms with Crippen LogP contribution in [0, 0.1) is 0 Å². The highest BCUT2D eigenvalue weighted by Crippen LogP contribution is 2.18. The highest BCUT2D eigenvalue weighted by molar-refractivity contribution is 5.81. The smallest absolute Gasteiger partial charge is 0.237 e. The molecule has 4 heteroatoms. The van der Waals surface area contributed by atoms with E-state index < -0.39 is 0 Å². The highest BCUT2D eigenvalue weighted by Gasteiger charge is 2.27. The predicted octanol–water partition coefficient (Wildman–Crippen LogP) is 0.0320. The fourth-order valence-electron chi connectivity index (χ4n) is 1.65. The number of carbonyl (C=O) groups excluding carboxylic acids is 1. The maximum atomic E-state index is 11.6. The third-order valence-corrected chi connectivity index (χ3v) is 2.73. The third-order valence-electron chi connectivity index (χ3n) is 2.73. The summed E-state index contributed by atoms with van der Waals surface area (Å²) in [5.41, 5.74) is 0. The van der Waals surface area contributed by atoms with E-state index in [1.54, 1.807) is 0 Å². The van der Waals surface area contributed by atoms with E-state index in [2.05, 4.69) is 10.6 Å². The Labute approximate surface area is 84.4 Å². The first-order valence-electron chi connectivity index (χ1n) is 5.40. The van der Waals surface area contributed by atoms with Gasteiger partial charge in [-0.2, -0.15) is 0 Å². The first-order valence-corrected chi connectivity index (χ1v) is 5.40. The molecule has 0 aromatic heterocycles. The Morgan fingerprint density at radius 1 is 1.36 bits per heavy atom. The van der Waals surface area contributed by atoms with Crippen LogP contribution in [0.1, 0.15) is 26.2 Å². The van der Waals surface area contributed by atoms with Gasteiger partial charge in [0.2, 0.25) is 5.91 Å². The van der Waals surface area contributed by atoms with Crippen LogP contribution in [0.25, 0.3) is 0 Å². The fraction of sp³-hybridized carbons (Fsp3) is 0.900. The summed E-state index contributed by atoms with van der Waals surface area (Å²) in [6, 6.07) is 0.712. The topological polar surface area (TPSA) is 50.4 Å². The minimum Gasteiger partial charge on any atom is -0.380 e. The average molecular weight is 198 g/mol. The summed E-state index contributed by atoms with van der Waals surface area (Å²) in [5, 5.41) is 6.26. The average Bonchev–Trinajstić information content (AvgIpc) is 2.81. The highest BCUT2D eigenvalue weighted by atomic mass is 16.5. The van der Waals surface area contributed by atoms with Crippen LogP contribution in [-0.2, 0) is 9.53 Å². The molecule has 1 heterocycles. The van der Waals surface area contributed by atoms with Gasteiger partial charge in [0.25, 0.3) is 0 Å². The van der Waals surface area contributed by atoms with Crippen LogP contribution in [-0.4, -0.2) is 37.2 Å². The molecule has 2 unspecified atom stereocenters. The van der Waals surface area contributed by atoms with E-state index in [0.29, 0.717) is 12.1 Å². The molecule has 2 N–H and O–H groups in total. The molecule has 1 saturated heterocycles. The van der Waals surface area contributed by atoms with Gasteiger partial charge in [0.1, 0.15) is 0 Å². The first kappa shape index (κ1) is 9.93. The van der Waals surface area contributed by atoms with Crippen molar-refractivity contribution < 1.29 is 9.53 Å². The molecule has 0 aromatic carbocycles. The van der Waals surface area contributed by atoms with Gasteiger partial charge in [-0.05, 0) is 26.2 Å². The second-order valence-corrected chi connectivity index (χ2v) is 4.23. The molecule has 2 rings (SSSR count). The van der Waals surface area contributed by atoms with E-state index in [9.17, 15) is 4.79 Å². The standard InChI is InChI=1S/C10H18N2O2/c1-7(10(13)12-8-2-3-8)11-9-4-5-14-6-9/h7-9,11H,2-6H2,1H3,(H,12,13). The minimum atomic E-state index is -0.0951. The summed E-state index contributed by atoms with van der Waals surface area (Å²) in [4.78, 5) is 11.6. The lowest BCUT2D eigenvalue weighted by Crippen LogP contribution is -2.47. The number of rotatable bonds is 4. The van der Waals surface area contributed by atoms with Crippen molar-refractivity contribution in [1.82, 2.24) is 10.6 Å². The molecule has 1 saturated carbocycles. The largest absolute Gasteiger partial charge is 0.380 e. The van der Waals surface area contributed by atoms with Crippen molar-refractivity contribution in [3.8, 4) is 0 Å². The Bertz CT molecular complexity index is 210. The number of nitrogens with one attached hydrogen (secondary N) is 2. The van der Waals surface area contributed by atoms with Gasteiger partial charge < -0.3 is 15.4 Å². The van der Waals surface area contributed by atoms with E-state index >= 15 is 0 Å². The molecule has 2 atom stereocenters. The summed E-state index contributed by atoms with van der Waals surface area (Å²) < 4.78 is 5.24. The summed E-state index contributed by atoms with van der Waals surface area (Å²) in [6.07, 6.45) is 3.30. The minimum absolute atomic E-state index is 0.0951. The van der Waals surface area contributed by atoms with Crippen molar-refractivity contribution >= 4 is 5.91 Å². The van der Waals surface area contributed by atoms with Gasteiger partial charge in [-0.3, -0.25) is 4.79 Å². The predicted molar refractivity (Wildman–Crippen MR) is 53.0 cm³/mol. The quantitative estimate of drug-likeness (QED) is 0.670. The molecule has 1 aliphatic carbocycles. The van der Waals surface area contributed by atoms with Crippen LogP contribution in [0.3, 0.4) is 0 Å². The Hall–Kier alpha value is -0.610. The van der Waals surface area contributed by atoms with Gasteiger partial charge in [-0.1, -0.05) is 0 Å². The van der Waals surface area contributed by atoms with Gasteiger partial charge in [0, 0.05) is 18.7 Å². The van der Waals surface area contributed by atoms with Crippen molar-refractivity contribution in [2.45, 2.75) is 44.3 Å². The van der Waals surface area contributed by atoms with Crippen LogP contribution in [0.2, 0.25) is 0 Å². The summed E-state index contributed by atoms with van der Waals surface area (Å²) in [7, 11) is 0. The molecule has 14 heavy (non-hydrogen) atoms. The molecule has 0 bridgehead atoms. The summed E-state index contributed by atoms with van der Waals surface area (Å²) >= 11 is 0. The molecule has 2 aliphatic rings. The van der Waals surface area contributed by atoms with E-state index in [0.717, 1.165) is 32.5 Å². The maximum absolute atomic E-state index is 11.6. The zero-order valence-electron chi connectivity index (χ0n) is 8.58. The lowest BCUT2D eigenvalue weighted by molar-refractivity contribution is -0.123. The second kappa shape index (κ2) is 4.28.